The Hall–Kier alpha value is -2.84. The minimum atomic E-state index is 0.156. The van der Waals surface area contributed by atoms with Gasteiger partial charge >= 0.3 is 0 Å². The van der Waals surface area contributed by atoms with Gasteiger partial charge in [0.05, 0.1) is 6.04 Å². The molecule has 1 aromatic heterocycles. The van der Waals surface area contributed by atoms with E-state index in [0.29, 0.717) is 0 Å². The van der Waals surface area contributed by atoms with E-state index in [-0.39, 0.29) is 6.04 Å². The first-order valence-electron chi connectivity index (χ1n) is 8.67. The fraction of sp³-hybridized carbons (Fsp3) is 0.0870. The molecular weight excluding hydrogens is 340 g/mol. The Kier molecular flexibility index (Phi) is 4.85. The molecule has 1 aliphatic rings. The molecule has 2 aromatic carbocycles. The number of rotatable bonds is 3. The summed E-state index contributed by atoms with van der Waals surface area (Å²) in [5.41, 5.74) is 5.98. The maximum Gasteiger partial charge on any atom is 0.0743 e. The Balaban J connectivity index is 1.69. The first kappa shape index (κ1) is 16.6. The van der Waals surface area contributed by atoms with Crippen LogP contribution in [0.3, 0.4) is 0 Å². The lowest BCUT2D eigenvalue weighted by molar-refractivity contribution is 0.676. The van der Waals surface area contributed by atoms with E-state index >= 15 is 0 Å². The molecule has 26 heavy (non-hydrogen) atoms. The molecule has 0 aliphatic carbocycles. The van der Waals surface area contributed by atoms with Crippen LogP contribution >= 0.6 is 11.6 Å². The standard InChI is InChI=1S/C23H19ClN2/c24-22-10-2-7-19(15-22)18-6-1-5-17(13-18)14-20-8-4-12-26-23(20)21-9-3-11-25-16-21/h1-7,9-16,23,26H,8H2. The molecule has 1 atom stereocenters. The van der Waals surface area contributed by atoms with Gasteiger partial charge in [0.1, 0.15) is 0 Å². The van der Waals surface area contributed by atoms with Crippen LogP contribution in [0.5, 0.6) is 0 Å². The molecule has 0 spiro atoms. The number of aromatic nitrogens is 1. The lowest BCUT2D eigenvalue weighted by Gasteiger charge is -2.24. The molecule has 2 nitrogen and oxygen atoms in total. The topological polar surface area (TPSA) is 24.9 Å². The van der Waals surface area contributed by atoms with Gasteiger partial charge in [-0.25, -0.2) is 0 Å². The highest BCUT2D eigenvalue weighted by Gasteiger charge is 2.17. The quantitative estimate of drug-likeness (QED) is 0.618. The van der Waals surface area contributed by atoms with E-state index in [4.69, 9.17) is 11.6 Å². The molecular formula is C23H19ClN2. The minimum absolute atomic E-state index is 0.156. The van der Waals surface area contributed by atoms with Gasteiger partial charge in [0, 0.05) is 17.4 Å². The Morgan fingerprint density at radius 1 is 1.00 bits per heavy atom. The molecule has 1 N–H and O–H groups in total. The van der Waals surface area contributed by atoms with Crippen molar-refractivity contribution in [3.05, 3.63) is 107 Å². The molecule has 0 saturated heterocycles. The van der Waals surface area contributed by atoms with E-state index in [1.165, 1.54) is 22.3 Å². The highest BCUT2D eigenvalue weighted by Crippen LogP contribution is 2.30. The van der Waals surface area contributed by atoms with Crippen molar-refractivity contribution in [3.63, 3.8) is 0 Å². The Labute approximate surface area is 158 Å². The monoisotopic (exact) mass is 358 g/mol. The number of halogens is 1. The number of allylic oxidation sites excluding steroid dienone is 1. The van der Waals surface area contributed by atoms with Crippen LogP contribution in [0.1, 0.15) is 23.6 Å². The maximum absolute atomic E-state index is 6.14. The van der Waals surface area contributed by atoms with E-state index < -0.39 is 0 Å². The third kappa shape index (κ3) is 3.71. The summed E-state index contributed by atoms with van der Waals surface area (Å²) in [6, 6.07) is 20.8. The second-order valence-corrected chi connectivity index (χ2v) is 6.78. The van der Waals surface area contributed by atoms with Crippen LogP contribution in [0.25, 0.3) is 17.2 Å². The van der Waals surface area contributed by atoms with Crippen molar-refractivity contribution in [2.45, 2.75) is 12.5 Å². The molecule has 4 rings (SSSR count). The van der Waals surface area contributed by atoms with Crippen molar-refractivity contribution in [1.82, 2.24) is 10.3 Å². The lowest BCUT2D eigenvalue weighted by atomic mass is 9.93. The zero-order valence-corrected chi connectivity index (χ0v) is 15.0. The van der Waals surface area contributed by atoms with Gasteiger partial charge in [0.25, 0.3) is 0 Å². The molecule has 0 amide bonds. The fourth-order valence-electron chi connectivity index (χ4n) is 3.27. The molecule has 3 heteroatoms. The second kappa shape index (κ2) is 7.59. The summed E-state index contributed by atoms with van der Waals surface area (Å²) in [4.78, 5) is 4.26. The smallest absolute Gasteiger partial charge is 0.0743 e. The fourth-order valence-corrected chi connectivity index (χ4v) is 3.46. The number of pyridine rings is 1. The SMILES string of the molecule is Clc1cccc(-c2cccc(C=C3CC=CNC3c3cccnc3)c2)c1. The van der Waals surface area contributed by atoms with Crippen LogP contribution in [0.4, 0.5) is 0 Å². The average molecular weight is 359 g/mol. The average Bonchev–Trinajstić information content (AvgIpc) is 2.69. The summed E-state index contributed by atoms with van der Waals surface area (Å²) in [7, 11) is 0. The van der Waals surface area contributed by atoms with Crippen molar-refractivity contribution < 1.29 is 0 Å². The van der Waals surface area contributed by atoms with E-state index in [9.17, 15) is 0 Å². The van der Waals surface area contributed by atoms with Gasteiger partial charge in [-0.05, 0) is 64.7 Å². The van der Waals surface area contributed by atoms with Crippen molar-refractivity contribution in [2.75, 3.05) is 0 Å². The molecule has 1 unspecified atom stereocenters. The summed E-state index contributed by atoms with van der Waals surface area (Å²) in [5.74, 6) is 0. The van der Waals surface area contributed by atoms with Crippen LogP contribution in [0.15, 0.2) is 90.9 Å². The van der Waals surface area contributed by atoms with Gasteiger partial charge < -0.3 is 5.32 Å². The molecule has 2 heterocycles. The maximum atomic E-state index is 6.14. The molecule has 0 fully saturated rings. The number of nitrogens with zero attached hydrogens (tertiary/aromatic N) is 1. The first-order chi connectivity index (χ1) is 12.8. The predicted molar refractivity (Wildman–Crippen MR) is 109 cm³/mol. The largest absolute Gasteiger partial charge is 0.381 e. The van der Waals surface area contributed by atoms with Crippen molar-refractivity contribution in [2.24, 2.45) is 0 Å². The highest BCUT2D eigenvalue weighted by molar-refractivity contribution is 6.30. The summed E-state index contributed by atoms with van der Waals surface area (Å²) in [6.07, 6.45) is 11.1. The Morgan fingerprint density at radius 3 is 2.65 bits per heavy atom. The van der Waals surface area contributed by atoms with E-state index in [1.807, 2.05) is 36.7 Å². The molecule has 3 aromatic rings. The number of benzene rings is 2. The van der Waals surface area contributed by atoms with Gasteiger partial charge in [-0.3, -0.25) is 4.98 Å². The van der Waals surface area contributed by atoms with Gasteiger partial charge in [-0.15, -0.1) is 0 Å². The Bertz CT molecular complexity index is 961. The lowest BCUT2D eigenvalue weighted by Crippen LogP contribution is -2.20. The molecule has 0 bridgehead atoms. The van der Waals surface area contributed by atoms with Gasteiger partial charge in [-0.2, -0.15) is 0 Å². The summed E-state index contributed by atoms with van der Waals surface area (Å²) in [6.45, 7) is 0. The van der Waals surface area contributed by atoms with E-state index in [0.717, 1.165) is 17.0 Å². The predicted octanol–water partition coefficient (Wildman–Crippen LogP) is 6.03. The van der Waals surface area contributed by atoms with Crippen LogP contribution in [0.2, 0.25) is 5.02 Å². The summed E-state index contributed by atoms with van der Waals surface area (Å²) >= 11 is 6.14. The number of hydrogen-bond donors (Lipinski definition) is 1. The van der Waals surface area contributed by atoms with Gasteiger partial charge in [0.15, 0.2) is 0 Å². The normalized spacial score (nSPS) is 17.9. The summed E-state index contributed by atoms with van der Waals surface area (Å²) < 4.78 is 0. The van der Waals surface area contributed by atoms with Crippen molar-refractivity contribution in [1.29, 1.82) is 0 Å². The molecule has 0 saturated carbocycles. The third-order valence-corrected chi connectivity index (χ3v) is 4.75. The zero-order valence-electron chi connectivity index (χ0n) is 14.3. The van der Waals surface area contributed by atoms with Gasteiger partial charge in [-0.1, -0.05) is 60.2 Å². The van der Waals surface area contributed by atoms with Crippen molar-refractivity contribution >= 4 is 17.7 Å². The Morgan fingerprint density at radius 2 is 1.85 bits per heavy atom. The van der Waals surface area contributed by atoms with Crippen LogP contribution in [-0.4, -0.2) is 4.98 Å². The van der Waals surface area contributed by atoms with Crippen LogP contribution in [-0.2, 0) is 0 Å². The number of hydrogen-bond acceptors (Lipinski definition) is 2. The van der Waals surface area contributed by atoms with Crippen molar-refractivity contribution in [3.8, 4) is 11.1 Å². The van der Waals surface area contributed by atoms with Crippen LogP contribution < -0.4 is 5.32 Å². The highest BCUT2D eigenvalue weighted by atomic mass is 35.5. The molecule has 0 radical (unpaired) electrons. The molecule has 1 aliphatic heterocycles. The third-order valence-electron chi connectivity index (χ3n) is 4.52. The van der Waals surface area contributed by atoms with Crippen LogP contribution in [0, 0.1) is 0 Å². The summed E-state index contributed by atoms with van der Waals surface area (Å²) in [5, 5.41) is 4.21. The van der Waals surface area contributed by atoms with E-state index in [2.05, 4.69) is 58.9 Å². The van der Waals surface area contributed by atoms with E-state index in [1.54, 1.807) is 6.20 Å². The molecule has 128 valence electrons. The minimum Gasteiger partial charge on any atom is -0.381 e. The van der Waals surface area contributed by atoms with Gasteiger partial charge in [0.2, 0.25) is 0 Å². The second-order valence-electron chi connectivity index (χ2n) is 6.35. The number of nitrogens with one attached hydrogen (secondary N) is 1. The first-order valence-corrected chi connectivity index (χ1v) is 9.05. The zero-order chi connectivity index (χ0) is 17.8.